The Labute approximate surface area is 90.4 Å². The standard InChI is InChI=1S/C12H17NO2/c1-4-11(13-12(14)15-3)10-7-5-9(2)6-8-10/h5-8,11H,4H2,1-3H3,(H,13,14). The lowest BCUT2D eigenvalue weighted by Crippen LogP contribution is -2.27. The fraction of sp³-hybridized carbons (Fsp3) is 0.417. The van der Waals surface area contributed by atoms with E-state index >= 15 is 0 Å². The minimum absolute atomic E-state index is 0.0260. The third kappa shape index (κ3) is 3.27. The number of rotatable bonds is 3. The molecule has 1 rings (SSSR count). The van der Waals surface area contributed by atoms with Crippen LogP contribution in [0.1, 0.15) is 30.5 Å². The van der Waals surface area contributed by atoms with E-state index in [9.17, 15) is 4.79 Å². The first-order valence-electron chi connectivity index (χ1n) is 5.08. The van der Waals surface area contributed by atoms with Gasteiger partial charge < -0.3 is 10.1 Å². The topological polar surface area (TPSA) is 38.3 Å². The summed E-state index contributed by atoms with van der Waals surface area (Å²) in [7, 11) is 1.37. The van der Waals surface area contributed by atoms with Crippen molar-refractivity contribution in [1.29, 1.82) is 0 Å². The number of aryl methyl sites for hydroxylation is 1. The van der Waals surface area contributed by atoms with Crippen LogP contribution in [0.5, 0.6) is 0 Å². The predicted molar refractivity (Wildman–Crippen MR) is 59.8 cm³/mol. The molecule has 1 aromatic carbocycles. The summed E-state index contributed by atoms with van der Waals surface area (Å²) in [6.07, 6.45) is 0.459. The van der Waals surface area contributed by atoms with Crippen molar-refractivity contribution in [2.24, 2.45) is 0 Å². The number of ether oxygens (including phenoxy) is 1. The van der Waals surface area contributed by atoms with E-state index in [0.29, 0.717) is 0 Å². The van der Waals surface area contributed by atoms with Gasteiger partial charge in [0.2, 0.25) is 0 Å². The smallest absolute Gasteiger partial charge is 0.407 e. The molecule has 0 aliphatic rings. The molecule has 0 heterocycles. The first-order chi connectivity index (χ1) is 7.17. The molecule has 1 amide bonds. The Morgan fingerprint density at radius 1 is 1.40 bits per heavy atom. The zero-order valence-corrected chi connectivity index (χ0v) is 9.41. The van der Waals surface area contributed by atoms with Crippen LogP contribution in [0.4, 0.5) is 4.79 Å². The van der Waals surface area contributed by atoms with Crippen LogP contribution in [0.25, 0.3) is 0 Å². The zero-order chi connectivity index (χ0) is 11.3. The average Bonchev–Trinajstić information content (AvgIpc) is 2.27. The zero-order valence-electron chi connectivity index (χ0n) is 9.41. The van der Waals surface area contributed by atoms with Crippen LogP contribution in [0, 0.1) is 6.92 Å². The minimum Gasteiger partial charge on any atom is -0.453 e. The highest BCUT2D eigenvalue weighted by atomic mass is 16.5. The highest BCUT2D eigenvalue weighted by Gasteiger charge is 2.11. The van der Waals surface area contributed by atoms with Gasteiger partial charge in [-0.1, -0.05) is 36.8 Å². The van der Waals surface area contributed by atoms with Crippen LogP contribution in [-0.2, 0) is 4.74 Å². The van der Waals surface area contributed by atoms with E-state index in [0.717, 1.165) is 12.0 Å². The molecule has 0 bridgehead atoms. The number of hydrogen-bond donors (Lipinski definition) is 1. The van der Waals surface area contributed by atoms with Crippen molar-refractivity contribution < 1.29 is 9.53 Å². The number of nitrogens with one attached hydrogen (secondary N) is 1. The molecule has 0 spiro atoms. The number of benzene rings is 1. The Hall–Kier alpha value is -1.51. The number of hydrogen-bond acceptors (Lipinski definition) is 2. The van der Waals surface area contributed by atoms with E-state index < -0.39 is 0 Å². The molecule has 1 aromatic rings. The molecule has 3 nitrogen and oxygen atoms in total. The molecule has 0 radical (unpaired) electrons. The molecular weight excluding hydrogens is 190 g/mol. The third-order valence-corrected chi connectivity index (χ3v) is 2.37. The monoisotopic (exact) mass is 207 g/mol. The molecule has 82 valence electrons. The maximum absolute atomic E-state index is 11.1. The highest BCUT2D eigenvalue weighted by molar-refractivity contribution is 5.67. The summed E-state index contributed by atoms with van der Waals surface area (Å²) in [5.74, 6) is 0. The van der Waals surface area contributed by atoms with Crippen LogP contribution < -0.4 is 5.32 Å². The first kappa shape index (κ1) is 11.6. The van der Waals surface area contributed by atoms with E-state index in [-0.39, 0.29) is 12.1 Å². The summed E-state index contributed by atoms with van der Waals surface area (Å²) in [5.41, 5.74) is 2.32. The normalized spacial score (nSPS) is 11.9. The van der Waals surface area contributed by atoms with E-state index in [4.69, 9.17) is 0 Å². The summed E-state index contributed by atoms with van der Waals surface area (Å²) < 4.78 is 4.58. The van der Waals surface area contributed by atoms with Crippen molar-refractivity contribution in [3.05, 3.63) is 35.4 Å². The van der Waals surface area contributed by atoms with E-state index in [1.807, 2.05) is 38.1 Å². The van der Waals surface area contributed by atoms with Gasteiger partial charge in [-0.05, 0) is 18.9 Å². The van der Waals surface area contributed by atoms with Gasteiger partial charge in [-0.15, -0.1) is 0 Å². The molecule has 1 unspecified atom stereocenters. The molecule has 1 atom stereocenters. The van der Waals surface area contributed by atoms with Gasteiger partial charge in [-0.3, -0.25) is 0 Å². The quantitative estimate of drug-likeness (QED) is 0.827. The van der Waals surface area contributed by atoms with Gasteiger partial charge in [-0.2, -0.15) is 0 Å². The summed E-state index contributed by atoms with van der Waals surface area (Å²) in [6.45, 7) is 4.07. The molecule has 3 heteroatoms. The van der Waals surface area contributed by atoms with Crippen molar-refractivity contribution in [3.8, 4) is 0 Å². The highest BCUT2D eigenvalue weighted by Crippen LogP contribution is 2.16. The summed E-state index contributed by atoms with van der Waals surface area (Å²) in [6, 6.07) is 8.16. The number of methoxy groups -OCH3 is 1. The Bertz CT molecular complexity index is 319. The molecule has 0 saturated heterocycles. The van der Waals surface area contributed by atoms with Gasteiger partial charge in [0.05, 0.1) is 13.2 Å². The van der Waals surface area contributed by atoms with Gasteiger partial charge in [0.15, 0.2) is 0 Å². The SMILES string of the molecule is CCC(NC(=O)OC)c1ccc(C)cc1. The summed E-state index contributed by atoms with van der Waals surface area (Å²) >= 11 is 0. The fourth-order valence-electron chi connectivity index (χ4n) is 1.42. The number of amides is 1. The molecule has 0 aliphatic carbocycles. The summed E-state index contributed by atoms with van der Waals surface area (Å²) in [4.78, 5) is 11.1. The van der Waals surface area contributed by atoms with Gasteiger partial charge in [0, 0.05) is 0 Å². The van der Waals surface area contributed by atoms with Crippen molar-refractivity contribution in [3.63, 3.8) is 0 Å². The minimum atomic E-state index is -0.387. The van der Waals surface area contributed by atoms with E-state index in [1.165, 1.54) is 12.7 Å². The second-order valence-electron chi connectivity index (χ2n) is 3.51. The Morgan fingerprint density at radius 3 is 2.47 bits per heavy atom. The Morgan fingerprint density at radius 2 is 2.00 bits per heavy atom. The predicted octanol–water partition coefficient (Wildman–Crippen LogP) is 2.80. The van der Waals surface area contributed by atoms with Crippen LogP contribution in [-0.4, -0.2) is 13.2 Å². The average molecular weight is 207 g/mol. The van der Waals surface area contributed by atoms with Gasteiger partial charge in [-0.25, -0.2) is 4.79 Å². The molecular formula is C12H17NO2. The fourth-order valence-corrected chi connectivity index (χ4v) is 1.42. The molecule has 0 aromatic heterocycles. The Kier molecular flexibility index (Phi) is 4.16. The van der Waals surface area contributed by atoms with Crippen molar-refractivity contribution in [1.82, 2.24) is 5.32 Å². The molecule has 0 saturated carbocycles. The number of carbonyl (C=O) groups excluding carboxylic acids is 1. The van der Waals surface area contributed by atoms with Crippen LogP contribution in [0.3, 0.4) is 0 Å². The van der Waals surface area contributed by atoms with Crippen molar-refractivity contribution in [2.75, 3.05) is 7.11 Å². The second kappa shape index (κ2) is 5.39. The van der Waals surface area contributed by atoms with Gasteiger partial charge in [0.1, 0.15) is 0 Å². The number of carbonyl (C=O) groups is 1. The maximum atomic E-state index is 11.1. The maximum Gasteiger partial charge on any atom is 0.407 e. The molecule has 1 N–H and O–H groups in total. The lowest BCUT2D eigenvalue weighted by atomic mass is 10.0. The van der Waals surface area contributed by atoms with Crippen LogP contribution in [0.2, 0.25) is 0 Å². The third-order valence-electron chi connectivity index (χ3n) is 2.37. The largest absolute Gasteiger partial charge is 0.453 e. The van der Waals surface area contributed by atoms with Crippen molar-refractivity contribution >= 4 is 6.09 Å². The lowest BCUT2D eigenvalue weighted by molar-refractivity contribution is 0.166. The summed E-state index contributed by atoms with van der Waals surface area (Å²) in [5, 5.41) is 2.79. The van der Waals surface area contributed by atoms with Crippen molar-refractivity contribution in [2.45, 2.75) is 26.3 Å². The molecule has 0 fully saturated rings. The first-order valence-corrected chi connectivity index (χ1v) is 5.08. The lowest BCUT2D eigenvalue weighted by Gasteiger charge is -2.16. The number of alkyl carbamates (subject to hydrolysis) is 1. The van der Waals surface area contributed by atoms with Crippen LogP contribution >= 0.6 is 0 Å². The van der Waals surface area contributed by atoms with Crippen LogP contribution in [0.15, 0.2) is 24.3 Å². The van der Waals surface area contributed by atoms with E-state index in [1.54, 1.807) is 0 Å². The second-order valence-corrected chi connectivity index (χ2v) is 3.51. The van der Waals surface area contributed by atoms with E-state index in [2.05, 4.69) is 10.1 Å². The van der Waals surface area contributed by atoms with Gasteiger partial charge >= 0.3 is 6.09 Å². The molecule has 0 aliphatic heterocycles. The van der Waals surface area contributed by atoms with Gasteiger partial charge in [0.25, 0.3) is 0 Å². The Balaban J connectivity index is 2.74. The molecule has 15 heavy (non-hydrogen) atoms.